The van der Waals surface area contributed by atoms with Gasteiger partial charge in [0, 0.05) is 5.75 Å². The van der Waals surface area contributed by atoms with E-state index in [1.54, 1.807) is 0 Å². The van der Waals surface area contributed by atoms with Crippen LogP contribution in [0.4, 0.5) is 0 Å². The fraction of sp³-hybridized carbons (Fsp3) is 0.600. The van der Waals surface area contributed by atoms with Crippen LogP contribution in [0, 0.1) is 18.3 Å². The van der Waals surface area contributed by atoms with Crippen molar-refractivity contribution in [3.8, 4) is 12.3 Å². The highest BCUT2D eigenvalue weighted by Gasteiger charge is 2.16. The zero-order valence-corrected chi connectivity index (χ0v) is 6.33. The Bertz CT molecular complexity index is 151. The van der Waals surface area contributed by atoms with Crippen LogP contribution in [0.25, 0.3) is 0 Å². The third kappa shape index (κ3) is 2.01. The summed E-state index contributed by atoms with van der Waals surface area (Å²) in [6.45, 7) is 0.441. The minimum atomic E-state index is -1.14. The molecule has 0 bridgehead atoms. The Hall–Kier alpha value is 0.0200. The lowest BCUT2D eigenvalue weighted by atomic mass is 10.2. The summed E-state index contributed by atoms with van der Waals surface area (Å²) >= 11 is 0. The smallest absolute Gasteiger partial charge is 0.219 e. The second kappa shape index (κ2) is 3.25. The molecular weight excluding hydrogens is 156 g/mol. The number of terminal acetylenes is 1. The quantitative estimate of drug-likeness (QED) is 0.385. The van der Waals surface area contributed by atoms with Crippen LogP contribution in [-0.4, -0.2) is 16.6 Å². The summed E-state index contributed by atoms with van der Waals surface area (Å²) < 4.78 is 15.3. The van der Waals surface area contributed by atoms with Crippen molar-refractivity contribution in [1.82, 2.24) is 0 Å². The third-order valence-corrected chi connectivity index (χ3v) is 3.30. The molecule has 0 aliphatic carbocycles. The Kier molecular flexibility index (Phi) is 2.58. The third-order valence-electron chi connectivity index (χ3n) is 0.967. The first-order valence-corrected chi connectivity index (χ1v) is 5.05. The van der Waals surface area contributed by atoms with E-state index in [-0.39, 0.29) is 5.92 Å². The number of hydrogen-bond acceptors (Lipinski definition) is 3. The van der Waals surface area contributed by atoms with Gasteiger partial charge in [-0.1, -0.05) is 5.92 Å². The summed E-state index contributed by atoms with van der Waals surface area (Å²) in [5.41, 5.74) is 0. The molecule has 0 saturated carbocycles. The van der Waals surface area contributed by atoms with Crippen LogP contribution in [0.3, 0.4) is 0 Å². The van der Waals surface area contributed by atoms with Gasteiger partial charge in [-0.2, -0.15) is 0 Å². The average Bonchev–Trinajstić information content (AvgIpc) is 1.90. The SMILES string of the molecule is C#CC1COS(=O)SC1. The topological polar surface area (TPSA) is 26.3 Å². The van der Waals surface area contributed by atoms with Crippen LogP contribution < -0.4 is 0 Å². The number of rotatable bonds is 0. The molecular formula is C5H6O2S2. The van der Waals surface area contributed by atoms with Gasteiger partial charge in [-0.3, -0.25) is 4.18 Å². The van der Waals surface area contributed by atoms with Crippen molar-refractivity contribution in [2.24, 2.45) is 5.92 Å². The molecule has 1 saturated heterocycles. The lowest BCUT2D eigenvalue weighted by molar-refractivity contribution is 0.321. The van der Waals surface area contributed by atoms with E-state index in [1.165, 1.54) is 10.8 Å². The summed E-state index contributed by atoms with van der Waals surface area (Å²) in [6.07, 6.45) is 5.11. The lowest BCUT2D eigenvalue weighted by Crippen LogP contribution is -2.16. The minimum Gasteiger partial charge on any atom is -0.281 e. The molecule has 0 aromatic carbocycles. The molecule has 2 atom stereocenters. The monoisotopic (exact) mass is 162 g/mol. The predicted molar refractivity (Wildman–Crippen MR) is 38.9 cm³/mol. The Morgan fingerprint density at radius 3 is 3.11 bits per heavy atom. The largest absolute Gasteiger partial charge is 0.281 e. The van der Waals surface area contributed by atoms with Gasteiger partial charge in [-0.05, 0) is 10.8 Å². The first kappa shape index (κ1) is 7.13. The summed E-state index contributed by atoms with van der Waals surface area (Å²) in [6, 6.07) is 0. The molecule has 4 heteroatoms. The van der Waals surface area contributed by atoms with E-state index in [2.05, 4.69) is 5.92 Å². The van der Waals surface area contributed by atoms with E-state index in [1.807, 2.05) is 0 Å². The second-order valence-corrected chi connectivity index (χ2v) is 4.37. The summed E-state index contributed by atoms with van der Waals surface area (Å²) in [5, 5.41) is 0. The molecule has 0 amide bonds. The van der Waals surface area contributed by atoms with Gasteiger partial charge in [0.2, 0.25) is 10.1 Å². The van der Waals surface area contributed by atoms with E-state index in [0.717, 1.165) is 5.75 Å². The lowest BCUT2D eigenvalue weighted by Gasteiger charge is -2.14. The van der Waals surface area contributed by atoms with Crippen LogP contribution in [0.1, 0.15) is 0 Å². The zero-order valence-electron chi connectivity index (χ0n) is 4.70. The van der Waals surface area contributed by atoms with Crippen molar-refractivity contribution < 1.29 is 8.39 Å². The standard InChI is InChI=1S/C5H6O2S2/c1-2-5-3-7-9(6)8-4-5/h1,5H,3-4H2. The fourth-order valence-corrected chi connectivity index (χ4v) is 2.46. The van der Waals surface area contributed by atoms with Crippen molar-refractivity contribution >= 4 is 20.9 Å². The Labute approximate surface area is 60.4 Å². The maximum absolute atomic E-state index is 10.5. The van der Waals surface area contributed by atoms with Crippen molar-refractivity contribution in [2.45, 2.75) is 0 Å². The minimum absolute atomic E-state index is 0.146. The molecule has 0 aromatic heterocycles. The molecule has 1 heterocycles. The molecule has 1 aliphatic rings. The van der Waals surface area contributed by atoms with Crippen LogP contribution in [0.15, 0.2) is 0 Å². The van der Waals surface area contributed by atoms with E-state index >= 15 is 0 Å². The molecule has 9 heavy (non-hydrogen) atoms. The molecule has 2 unspecified atom stereocenters. The van der Waals surface area contributed by atoms with Crippen molar-refractivity contribution in [1.29, 1.82) is 0 Å². The van der Waals surface area contributed by atoms with E-state index in [4.69, 9.17) is 10.6 Å². The average molecular weight is 162 g/mol. The Balaban J connectivity index is 2.37. The molecule has 0 spiro atoms. The molecule has 0 N–H and O–H groups in total. The zero-order chi connectivity index (χ0) is 6.69. The van der Waals surface area contributed by atoms with Crippen LogP contribution >= 0.6 is 10.8 Å². The van der Waals surface area contributed by atoms with Gasteiger partial charge < -0.3 is 0 Å². The summed E-state index contributed by atoms with van der Waals surface area (Å²) in [4.78, 5) is 0. The molecule has 0 radical (unpaired) electrons. The first-order chi connectivity index (χ1) is 4.33. The van der Waals surface area contributed by atoms with Crippen LogP contribution in [0.2, 0.25) is 0 Å². The Morgan fingerprint density at radius 2 is 2.67 bits per heavy atom. The van der Waals surface area contributed by atoms with Gasteiger partial charge in [0.15, 0.2) is 0 Å². The van der Waals surface area contributed by atoms with Gasteiger partial charge in [0.1, 0.15) is 0 Å². The van der Waals surface area contributed by atoms with Crippen molar-refractivity contribution in [2.75, 3.05) is 12.4 Å². The summed E-state index contributed by atoms with van der Waals surface area (Å²) in [7, 11) is 0.117. The second-order valence-electron chi connectivity index (χ2n) is 1.64. The van der Waals surface area contributed by atoms with Crippen LogP contribution in [-0.2, 0) is 14.3 Å². The molecule has 0 aromatic rings. The maximum atomic E-state index is 10.5. The van der Waals surface area contributed by atoms with Gasteiger partial charge >= 0.3 is 0 Å². The van der Waals surface area contributed by atoms with Gasteiger partial charge in [-0.25, -0.2) is 4.21 Å². The van der Waals surface area contributed by atoms with E-state index in [9.17, 15) is 4.21 Å². The van der Waals surface area contributed by atoms with Gasteiger partial charge in [0.05, 0.1) is 12.5 Å². The number of hydrogen-bond donors (Lipinski definition) is 0. The predicted octanol–water partition coefficient (Wildman–Crippen LogP) is 0.578. The summed E-state index contributed by atoms with van der Waals surface area (Å²) in [5.74, 6) is 3.44. The molecule has 50 valence electrons. The van der Waals surface area contributed by atoms with Crippen LogP contribution in [0.5, 0.6) is 0 Å². The molecule has 1 rings (SSSR count). The van der Waals surface area contributed by atoms with E-state index < -0.39 is 10.1 Å². The first-order valence-electron chi connectivity index (χ1n) is 2.47. The van der Waals surface area contributed by atoms with Gasteiger partial charge in [-0.15, -0.1) is 6.42 Å². The highest BCUT2D eigenvalue weighted by Crippen LogP contribution is 2.20. The maximum Gasteiger partial charge on any atom is 0.219 e. The molecule has 1 aliphatic heterocycles. The highest BCUT2D eigenvalue weighted by molar-refractivity contribution is 8.67. The molecule has 1 fully saturated rings. The van der Waals surface area contributed by atoms with E-state index in [0.29, 0.717) is 6.61 Å². The molecule has 2 nitrogen and oxygen atoms in total. The fourth-order valence-electron chi connectivity index (χ4n) is 0.454. The van der Waals surface area contributed by atoms with Gasteiger partial charge in [0.25, 0.3) is 0 Å². The highest BCUT2D eigenvalue weighted by atomic mass is 33.1. The van der Waals surface area contributed by atoms with Crippen molar-refractivity contribution in [3.05, 3.63) is 0 Å². The van der Waals surface area contributed by atoms with Crippen molar-refractivity contribution in [3.63, 3.8) is 0 Å². The Morgan fingerprint density at radius 1 is 1.89 bits per heavy atom. The normalized spacial score (nSPS) is 35.4.